The molecule has 1 aliphatic rings. The summed E-state index contributed by atoms with van der Waals surface area (Å²) >= 11 is 0. The number of nitrogens with zero attached hydrogens (tertiary/aromatic N) is 1. The fourth-order valence-corrected chi connectivity index (χ4v) is 3.66. The minimum Gasteiger partial charge on any atom is -0.505 e. The number of aromatic carboxylic acids is 1. The fraction of sp³-hybridized carbons (Fsp3) is 0.273. The third-order valence-corrected chi connectivity index (χ3v) is 4.99. The zero-order valence-corrected chi connectivity index (χ0v) is 14.8. The highest BCUT2D eigenvalue weighted by Crippen LogP contribution is 2.35. The number of carbonyl (C=O) groups is 1. The van der Waals surface area contributed by atoms with Crippen molar-refractivity contribution >= 4 is 16.9 Å². The summed E-state index contributed by atoms with van der Waals surface area (Å²) in [4.78, 5) is 16.5. The van der Waals surface area contributed by atoms with E-state index in [1.54, 1.807) is 18.2 Å². The molecule has 1 heterocycles. The Labute approximate surface area is 153 Å². The lowest BCUT2D eigenvalue weighted by atomic mass is 9.88. The van der Waals surface area contributed by atoms with E-state index in [0.717, 1.165) is 42.3 Å². The molecule has 1 aliphatic carbocycles. The van der Waals surface area contributed by atoms with Crippen LogP contribution < -0.4 is 0 Å². The van der Waals surface area contributed by atoms with Crippen LogP contribution in [0.3, 0.4) is 0 Å². The van der Waals surface area contributed by atoms with E-state index in [1.807, 2.05) is 12.1 Å². The van der Waals surface area contributed by atoms with Crippen LogP contribution in [-0.2, 0) is 19.3 Å². The number of hydrogen-bond acceptors (Lipinski definition) is 3. The Morgan fingerprint density at radius 1 is 1.23 bits per heavy atom. The molecule has 0 spiro atoms. The molecule has 4 heteroatoms. The first-order valence-corrected chi connectivity index (χ1v) is 8.90. The van der Waals surface area contributed by atoms with Crippen molar-refractivity contribution in [1.82, 2.24) is 4.98 Å². The summed E-state index contributed by atoms with van der Waals surface area (Å²) < 4.78 is 0. The lowest BCUT2D eigenvalue weighted by Gasteiger charge is -2.19. The van der Waals surface area contributed by atoms with Crippen molar-refractivity contribution in [2.75, 3.05) is 0 Å². The Kier molecular flexibility index (Phi) is 5.21. The van der Waals surface area contributed by atoms with Gasteiger partial charge < -0.3 is 10.2 Å². The standard InChI is InChI=1S/C22H23NO3/c1-3-7-14(4-2)10-13-18-21(24)19(22(25)26)17-12-11-15-8-5-6-9-16(15)20(17)23-18/h3-4,7,11-12,24H,1-2,5-6,8-10,13H2,(H,25,26)/b14-7+. The highest BCUT2D eigenvalue weighted by atomic mass is 16.4. The third-order valence-electron chi connectivity index (χ3n) is 4.99. The number of aromatic nitrogens is 1. The maximum Gasteiger partial charge on any atom is 0.340 e. The van der Waals surface area contributed by atoms with Crippen molar-refractivity contribution in [3.8, 4) is 5.75 Å². The smallest absolute Gasteiger partial charge is 0.340 e. The van der Waals surface area contributed by atoms with E-state index in [-0.39, 0.29) is 11.3 Å². The van der Waals surface area contributed by atoms with Gasteiger partial charge >= 0.3 is 5.97 Å². The van der Waals surface area contributed by atoms with E-state index in [4.69, 9.17) is 4.98 Å². The van der Waals surface area contributed by atoms with Crippen LogP contribution in [0, 0.1) is 0 Å². The number of hydrogen-bond donors (Lipinski definition) is 2. The zero-order valence-electron chi connectivity index (χ0n) is 14.8. The molecule has 1 aromatic carbocycles. The third kappa shape index (κ3) is 3.27. The summed E-state index contributed by atoms with van der Waals surface area (Å²) in [6.45, 7) is 7.46. The molecule has 134 valence electrons. The van der Waals surface area contributed by atoms with Crippen LogP contribution in [0.1, 0.15) is 46.4 Å². The molecule has 0 bridgehead atoms. The first-order chi connectivity index (χ1) is 12.6. The SMILES string of the molecule is C=C/C=C(\C=C)CCc1nc2c3c(ccc2c(C(=O)O)c1O)CCCC3. The molecule has 0 unspecified atom stereocenters. The van der Waals surface area contributed by atoms with E-state index in [2.05, 4.69) is 13.2 Å². The van der Waals surface area contributed by atoms with Crippen LogP contribution in [0.4, 0.5) is 0 Å². The van der Waals surface area contributed by atoms with Crippen LogP contribution in [0.2, 0.25) is 0 Å². The first kappa shape index (κ1) is 17.9. The highest BCUT2D eigenvalue weighted by Gasteiger charge is 2.23. The van der Waals surface area contributed by atoms with Gasteiger partial charge in [-0.3, -0.25) is 0 Å². The number of benzene rings is 1. The minimum atomic E-state index is -1.13. The molecular formula is C22H23NO3. The Hall–Kier alpha value is -2.88. The number of fused-ring (bicyclic) bond motifs is 3. The summed E-state index contributed by atoms with van der Waals surface area (Å²) in [6.07, 6.45) is 10.4. The first-order valence-electron chi connectivity index (χ1n) is 8.90. The van der Waals surface area contributed by atoms with Crippen LogP contribution in [0.15, 0.2) is 49.1 Å². The van der Waals surface area contributed by atoms with Gasteiger partial charge in [-0.2, -0.15) is 0 Å². The van der Waals surface area contributed by atoms with Gasteiger partial charge in [-0.1, -0.05) is 43.5 Å². The van der Waals surface area contributed by atoms with Crippen LogP contribution in [0.5, 0.6) is 5.75 Å². The van der Waals surface area contributed by atoms with Crippen molar-refractivity contribution < 1.29 is 15.0 Å². The predicted octanol–water partition coefficient (Wildman–Crippen LogP) is 4.75. The fourth-order valence-electron chi connectivity index (χ4n) is 3.66. The van der Waals surface area contributed by atoms with Gasteiger partial charge in [0.1, 0.15) is 5.56 Å². The van der Waals surface area contributed by atoms with Crippen LogP contribution in [0.25, 0.3) is 10.9 Å². The lowest BCUT2D eigenvalue weighted by molar-refractivity contribution is 0.0695. The topological polar surface area (TPSA) is 70.4 Å². The van der Waals surface area contributed by atoms with Gasteiger partial charge in [-0.05, 0) is 55.2 Å². The molecule has 0 radical (unpaired) electrons. The number of carboxylic acids is 1. The molecule has 2 N–H and O–H groups in total. The second-order valence-corrected chi connectivity index (χ2v) is 6.58. The van der Waals surface area contributed by atoms with Gasteiger partial charge in [0.2, 0.25) is 0 Å². The molecule has 0 fully saturated rings. The second kappa shape index (κ2) is 7.56. The van der Waals surface area contributed by atoms with E-state index in [1.165, 1.54) is 5.56 Å². The number of pyridine rings is 1. The molecule has 0 atom stereocenters. The Balaban J connectivity index is 2.15. The molecule has 26 heavy (non-hydrogen) atoms. The summed E-state index contributed by atoms with van der Waals surface area (Å²) in [5.74, 6) is -1.36. The predicted molar refractivity (Wildman–Crippen MR) is 104 cm³/mol. The normalized spacial score (nSPS) is 14.1. The summed E-state index contributed by atoms with van der Waals surface area (Å²) in [6, 6.07) is 3.76. The lowest BCUT2D eigenvalue weighted by Crippen LogP contribution is -2.09. The van der Waals surface area contributed by atoms with Gasteiger partial charge in [-0.15, -0.1) is 0 Å². The Morgan fingerprint density at radius 2 is 2.00 bits per heavy atom. The largest absolute Gasteiger partial charge is 0.505 e. The Bertz CT molecular complexity index is 925. The molecule has 3 rings (SSSR count). The quantitative estimate of drug-likeness (QED) is 0.739. The molecule has 0 saturated carbocycles. The molecule has 0 amide bonds. The number of aromatic hydroxyl groups is 1. The molecule has 0 aliphatic heterocycles. The summed E-state index contributed by atoms with van der Waals surface area (Å²) in [5.41, 5.74) is 4.43. The van der Waals surface area contributed by atoms with Crippen molar-refractivity contribution in [3.05, 3.63) is 71.5 Å². The number of allylic oxidation sites excluding steroid dienone is 4. The van der Waals surface area contributed by atoms with E-state index >= 15 is 0 Å². The molecule has 2 aromatic rings. The highest BCUT2D eigenvalue weighted by molar-refractivity contribution is 6.06. The van der Waals surface area contributed by atoms with Crippen molar-refractivity contribution in [2.45, 2.75) is 38.5 Å². The summed E-state index contributed by atoms with van der Waals surface area (Å²) in [7, 11) is 0. The van der Waals surface area contributed by atoms with Crippen molar-refractivity contribution in [2.24, 2.45) is 0 Å². The average Bonchev–Trinajstić information content (AvgIpc) is 2.64. The van der Waals surface area contributed by atoms with Gasteiger partial charge in [0.15, 0.2) is 5.75 Å². The average molecular weight is 349 g/mol. The van der Waals surface area contributed by atoms with E-state index in [9.17, 15) is 15.0 Å². The van der Waals surface area contributed by atoms with E-state index in [0.29, 0.717) is 23.9 Å². The summed E-state index contributed by atoms with van der Waals surface area (Å²) in [5, 5.41) is 20.8. The number of aryl methyl sites for hydroxylation is 3. The monoisotopic (exact) mass is 349 g/mol. The number of carboxylic acid groups (broad SMARTS) is 1. The Morgan fingerprint density at radius 3 is 2.69 bits per heavy atom. The maximum absolute atomic E-state index is 11.8. The van der Waals surface area contributed by atoms with Gasteiger partial charge in [-0.25, -0.2) is 9.78 Å². The molecule has 4 nitrogen and oxygen atoms in total. The van der Waals surface area contributed by atoms with Gasteiger partial charge in [0.05, 0.1) is 11.2 Å². The molecular weight excluding hydrogens is 326 g/mol. The zero-order chi connectivity index (χ0) is 18.7. The van der Waals surface area contributed by atoms with E-state index < -0.39 is 5.97 Å². The molecule has 1 aromatic heterocycles. The maximum atomic E-state index is 11.8. The second-order valence-electron chi connectivity index (χ2n) is 6.58. The van der Waals surface area contributed by atoms with Gasteiger partial charge in [0.25, 0.3) is 0 Å². The van der Waals surface area contributed by atoms with Crippen LogP contribution >= 0.6 is 0 Å². The minimum absolute atomic E-state index is 0.0498. The van der Waals surface area contributed by atoms with Gasteiger partial charge in [0, 0.05) is 5.39 Å². The van der Waals surface area contributed by atoms with Crippen LogP contribution in [-0.4, -0.2) is 21.2 Å². The number of rotatable bonds is 6. The molecule has 0 saturated heterocycles. The van der Waals surface area contributed by atoms with Crippen molar-refractivity contribution in [3.63, 3.8) is 0 Å². The van der Waals surface area contributed by atoms with Crippen molar-refractivity contribution in [1.29, 1.82) is 0 Å².